The minimum absolute atomic E-state index is 0.0464. The summed E-state index contributed by atoms with van der Waals surface area (Å²) in [5.41, 5.74) is 1.05. The van der Waals surface area contributed by atoms with Gasteiger partial charge in [-0.1, -0.05) is 37.6 Å². The van der Waals surface area contributed by atoms with Gasteiger partial charge < -0.3 is 5.32 Å². The molecule has 0 spiro atoms. The van der Waals surface area contributed by atoms with E-state index in [0.29, 0.717) is 21.9 Å². The number of carbonyl (C=O) groups is 1. The van der Waals surface area contributed by atoms with Crippen LogP contribution in [0.5, 0.6) is 0 Å². The second-order valence-electron chi connectivity index (χ2n) is 6.89. The standard InChI is InChI=1S/C17H22ClNO/c1-17(2)12-8-7-11(14(17)9-12)10-19-16(20)13-5-3-4-6-15(13)18/h3-6,11-12,14H,7-10H2,1-2H3,(H,19,20)/t11-,12-,14-/m0/s1. The van der Waals surface area contributed by atoms with E-state index in [1.165, 1.54) is 19.3 Å². The predicted molar refractivity (Wildman–Crippen MR) is 81.9 cm³/mol. The van der Waals surface area contributed by atoms with Gasteiger partial charge in [0.05, 0.1) is 10.6 Å². The first-order chi connectivity index (χ1) is 9.50. The topological polar surface area (TPSA) is 29.1 Å². The summed E-state index contributed by atoms with van der Waals surface area (Å²) in [7, 11) is 0. The molecule has 0 unspecified atom stereocenters. The Labute approximate surface area is 125 Å². The van der Waals surface area contributed by atoms with Crippen molar-refractivity contribution in [1.82, 2.24) is 5.32 Å². The van der Waals surface area contributed by atoms with Gasteiger partial charge in [-0.05, 0) is 54.6 Å². The van der Waals surface area contributed by atoms with Crippen LogP contribution < -0.4 is 5.32 Å². The minimum Gasteiger partial charge on any atom is -0.352 e. The van der Waals surface area contributed by atoms with Crippen LogP contribution in [0.3, 0.4) is 0 Å². The zero-order chi connectivity index (χ0) is 14.3. The molecule has 1 aromatic carbocycles. The number of amides is 1. The maximum absolute atomic E-state index is 12.2. The van der Waals surface area contributed by atoms with Crippen molar-refractivity contribution < 1.29 is 4.79 Å². The summed E-state index contributed by atoms with van der Waals surface area (Å²) < 4.78 is 0. The zero-order valence-corrected chi connectivity index (χ0v) is 12.9. The number of hydrogen-bond donors (Lipinski definition) is 1. The van der Waals surface area contributed by atoms with Gasteiger partial charge in [0.15, 0.2) is 0 Å². The van der Waals surface area contributed by atoms with Crippen molar-refractivity contribution in [3.8, 4) is 0 Å². The van der Waals surface area contributed by atoms with Crippen molar-refractivity contribution in [2.75, 3.05) is 6.54 Å². The van der Waals surface area contributed by atoms with E-state index < -0.39 is 0 Å². The normalized spacial score (nSPS) is 30.4. The van der Waals surface area contributed by atoms with Gasteiger partial charge in [0.1, 0.15) is 0 Å². The molecule has 3 fully saturated rings. The Morgan fingerprint density at radius 3 is 2.75 bits per heavy atom. The van der Waals surface area contributed by atoms with E-state index in [0.717, 1.165) is 18.4 Å². The van der Waals surface area contributed by atoms with Crippen molar-refractivity contribution in [3.05, 3.63) is 34.9 Å². The molecule has 0 radical (unpaired) electrons. The van der Waals surface area contributed by atoms with E-state index >= 15 is 0 Å². The van der Waals surface area contributed by atoms with Crippen LogP contribution in [0.15, 0.2) is 24.3 Å². The molecule has 1 aromatic rings. The molecular formula is C17H22ClNO. The summed E-state index contributed by atoms with van der Waals surface area (Å²) in [6.45, 7) is 5.55. The average molecular weight is 292 g/mol. The molecule has 0 heterocycles. The summed E-state index contributed by atoms with van der Waals surface area (Å²) >= 11 is 6.06. The second-order valence-corrected chi connectivity index (χ2v) is 7.29. The fourth-order valence-corrected chi connectivity index (χ4v) is 4.39. The summed E-state index contributed by atoms with van der Waals surface area (Å²) in [5.74, 6) is 2.26. The zero-order valence-electron chi connectivity index (χ0n) is 12.2. The lowest BCUT2D eigenvalue weighted by Crippen LogP contribution is -2.54. The molecule has 2 bridgehead atoms. The Bertz CT molecular complexity index is 523. The molecule has 0 saturated heterocycles. The number of carbonyl (C=O) groups excluding carboxylic acids is 1. The molecule has 0 aliphatic heterocycles. The van der Waals surface area contributed by atoms with E-state index in [1.54, 1.807) is 12.1 Å². The highest BCUT2D eigenvalue weighted by Crippen LogP contribution is 2.61. The largest absolute Gasteiger partial charge is 0.352 e. The lowest BCUT2D eigenvalue weighted by atomic mass is 9.45. The molecule has 3 atom stereocenters. The fourth-order valence-electron chi connectivity index (χ4n) is 4.17. The Hall–Kier alpha value is -1.02. The number of rotatable bonds is 3. The minimum atomic E-state index is -0.0464. The molecule has 2 nitrogen and oxygen atoms in total. The maximum atomic E-state index is 12.2. The average Bonchev–Trinajstić information content (AvgIpc) is 2.45. The summed E-state index contributed by atoms with van der Waals surface area (Å²) in [6.07, 6.45) is 3.91. The van der Waals surface area contributed by atoms with Crippen LogP contribution in [0.2, 0.25) is 5.02 Å². The lowest BCUT2D eigenvalue weighted by molar-refractivity contribution is -0.103. The van der Waals surface area contributed by atoms with Crippen LogP contribution in [0.25, 0.3) is 0 Å². The Morgan fingerprint density at radius 1 is 1.35 bits per heavy atom. The van der Waals surface area contributed by atoms with Gasteiger partial charge in [0.25, 0.3) is 5.91 Å². The van der Waals surface area contributed by atoms with Gasteiger partial charge in [-0.3, -0.25) is 4.79 Å². The van der Waals surface area contributed by atoms with E-state index in [2.05, 4.69) is 19.2 Å². The number of benzene rings is 1. The molecule has 20 heavy (non-hydrogen) atoms. The molecule has 3 aliphatic carbocycles. The SMILES string of the molecule is CC1(C)[C@H]2CC[C@@H](CNC(=O)c3ccccc3Cl)[C@@H]1C2. The molecule has 1 amide bonds. The first-order valence-electron chi connectivity index (χ1n) is 7.53. The van der Waals surface area contributed by atoms with Crippen molar-refractivity contribution in [3.63, 3.8) is 0 Å². The molecular weight excluding hydrogens is 270 g/mol. The maximum Gasteiger partial charge on any atom is 0.252 e. The Morgan fingerprint density at radius 2 is 2.10 bits per heavy atom. The van der Waals surface area contributed by atoms with E-state index in [9.17, 15) is 4.79 Å². The van der Waals surface area contributed by atoms with Crippen LogP contribution in [0, 0.1) is 23.2 Å². The van der Waals surface area contributed by atoms with Gasteiger partial charge in [-0.25, -0.2) is 0 Å². The van der Waals surface area contributed by atoms with Crippen molar-refractivity contribution in [1.29, 1.82) is 0 Å². The Kier molecular flexibility index (Phi) is 3.53. The summed E-state index contributed by atoms with van der Waals surface area (Å²) in [5, 5.41) is 3.60. The number of hydrogen-bond acceptors (Lipinski definition) is 1. The predicted octanol–water partition coefficient (Wildman–Crippen LogP) is 4.14. The van der Waals surface area contributed by atoms with Gasteiger partial charge in [0.2, 0.25) is 0 Å². The molecule has 3 saturated carbocycles. The van der Waals surface area contributed by atoms with Crippen LogP contribution in [0.1, 0.15) is 43.5 Å². The van der Waals surface area contributed by atoms with Crippen LogP contribution in [-0.4, -0.2) is 12.5 Å². The van der Waals surface area contributed by atoms with E-state index in [1.807, 2.05) is 12.1 Å². The molecule has 0 aromatic heterocycles. The molecule has 3 aliphatic rings. The Balaban J connectivity index is 1.60. The summed E-state index contributed by atoms with van der Waals surface area (Å²) in [4.78, 5) is 12.2. The third kappa shape index (κ3) is 2.24. The van der Waals surface area contributed by atoms with Gasteiger partial charge >= 0.3 is 0 Å². The third-order valence-corrected chi connectivity index (χ3v) is 5.97. The first kappa shape index (κ1) is 13.9. The highest BCUT2D eigenvalue weighted by molar-refractivity contribution is 6.33. The van der Waals surface area contributed by atoms with Crippen LogP contribution >= 0.6 is 11.6 Å². The second kappa shape index (κ2) is 5.07. The van der Waals surface area contributed by atoms with Gasteiger partial charge in [-0.2, -0.15) is 0 Å². The van der Waals surface area contributed by atoms with Gasteiger partial charge in [-0.15, -0.1) is 0 Å². The van der Waals surface area contributed by atoms with E-state index in [4.69, 9.17) is 11.6 Å². The van der Waals surface area contributed by atoms with Gasteiger partial charge in [0, 0.05) is 6.54 Å². The molecule has 3 heteroatoms. The molecule has 108 valence electrons. The first-order valence-corrected chi connectivity index (χ1v) is 7.90. The van der Waals surface area contributed by atoms with Crippen LogP contribution in [-0.2, 0) is 0 Å². The van der Waals surface area contributed by atoms with E-state index in [-0.39, 0.29) is 5.91 Å². The lowest BCUT2D eigenvalue weighted by Gasteiger charge is -2.60. The number of fused-ring (bicyclic) bond motifs is 2. The smallest absolute Gasteiger partial charge is 0.252 e. The highest BCUT2D eigenvalue weighted by atomic mass is 35.5. The fraction of sp³-hybridized carbons (Fsp3) is 0.588. The summed E-state index contributed by atoms with van der Waals surface area (Å²) in [6, 6.07) is 7.23. The molecule has 4 rings (SSSR count). The molecule has 1 N–H and O–H groups in total. The number of nitrogens with one attached hydrogen (secondary N) is 1. The number of halogens is 1. The van der Waals surface area contributed by atoms with Crippen molar-refractivity contribution >= 4 is 17.5 Å². The van der Waals surface area contributed by atoms with Crippen molar-refractivity contribution in [2.24, 2.45) is 23.2 Å². The quantitative estimate of drug-likeness (QED) is 0.891. The monoisotopic (exact) mass is 291 g/mol. The highest BCUT2D eigenvalue weighted by Gasteiger charge is 2.53. The van der Waals surface area contributed by atoms with Crippen LogP contribution in [0.4, 0.5) is 0 Å². The van der Waals surface area contributed by atoms with Crippen molar-refractivity contribution in [2.45, 2.75) is 33.1 Å². The third-order valence-electron chi connectivity index (χ3n) is 5.64.